The first-order valence-electron chi connectivity index (χ1n) is 24.9. The summed E-state index contributed by atoms with van der Waals surface area (Å²) in [7, 11) is 0. The lowest BCUT2D eigenvalue weighted by Crippen LogP contribution is -2.09. The van der Waals surface area contributed by atoms with Crippen molar-refractivity contribution in [2.75, 3.05) is 11.2 Å². The van der Waals surface area contributed by atoms with Crippen LogP contribution in [0, 0.1) is 0 Å². The van der Waals surface area contributed by atoms with Crippen molar-refractivity contribution in [3.05, 3.63) is 348 Å². The van der Waals surface area contributed by atoms with E-state index >= 15 is 0 Å². The summed E-state index contributed by atoms with van der Waals surface area (Å²) in [6.07, 6.45) is 2.12. The fraction of sp³-hybridized carbons (Fsp3) is 0.0141. The van der Waals surface area contributed by atoms with Gasteiger partial charge in [-0.05, 0) is 144 Å². The Labute approximate surface area is 434 Å². The van der Waals surface area contributed by atoms with Gasteiger partial charge in [-0.25, -0.2) is 0 Å². The molecule has 0 saturated carbocycles. The van der Waals surface area contributed by atoms with E-state index < -0.39 is 0 Å². The Morgan fingerprint density at radius 3 is 0.630 bits per heavy atom. The first-order chi connectivity index (χ1) is 36.2. The fourth-order valence-corrected chi connectivity index (χ4v) is 10.3. The molecule has 0 spiro atoms. The molecule has 2 heteroatoms. The van der Waals surface area contributed by atoms with Gasteiger partial charge in [0.05, 0.1) is 0 Å². The predicted octanol–water partition coefficient (Wildman–Crippen LogP) is 19.2. The smallest absolute Gasteiger partial charge is 0.0462 e. The minimum atomic E-state index is 1.09. The van der Waals surface area contributed by atoms with E-state index in [-0.39, 0.29) is 0 Å². The zero-order valence-electron chi connectivity index (χ0n) is 40.7. The van der Waals surface area contributed by atoms with Gasteiger partial charge in [0.15, 0.2) is 0 Å². The van der Waals surface area contributed by atoms with Gasteiger partial charge >= 0.3 is 0 Å². The van der Waals surface area contributed by atoms with E-state index in [9.17, 15) is 0 Å². The first kappa shape index (κ1) is 46.4. The number of thioether (sulfide) groups is 1. The van der Waals surface area contributed by atoms with E-state index in [0.29, 0.717) is 0 Å². The molecule has 11 aromatic rings. The van der Waals surface area contributed by atoms with Crippen LogP contribution >= 0.6 is 11.8 Å². The Morgan fingerprint density at radius 2 is 0.411 bits per heavy atom. The molecule has 0 atom stereocenters. The number of benzene rings is 11. The third kappa shape index (κ3) is 10.3. The van der Waals surface area contributed by atoms with Gasteiger partial charge < -0.3 is 4.90 Å². The molecule has 11 rings (SSSR count). The van der Waals surface area contributed by atoms with E-state index in [0.717, 1.165) is 39.3 Å². The minimum Gasteiger partial charge on any atom is -0.311 e. The van der Waals surface area contributed by atoms with Gasteiger partial charge in [0.1, 0.15) is 0 Å². The van der Waals surface area contributed by atoms with Crippen molar-refractivity contribution in [1.82, 2.24) is 0 Å². The fourth-order valence-electron chi connectivity index (χ4n) is 9.89. The van der Waals surface area contributed by atoms with Gasteiger partial charge in [-0.1, -0.05) is 255 Å². The van der Waals surface area contributed by atoms with Crippen LogP contribution < -0.4 is 4.90 Å². The second-order valence-corrected chi connectivity index (χ2v) is 18.9. The highest BCUT2D eigenvalue weighted by atomic mass is 32.2. The van der Waals surface area contributed by atoms with Crippen molar-refractivity contribution in [3.8, 4) is 22.3 Å². The second-order valence-electron chi connectivity index (χ2n) is 18.0. The van der Waals surface area contributed by atoms with Crippen LogP contribution in [0.5, 0.6) is 0 Å². The molecule has 0 heterocycles. The minimum absolute atomic E-state index is 1.09. The first-order valence-corrected chi connectivity index (χ1v) is 26.1. The largest absolute Gasteiger partial charge is 0.311 e. The third-order valence-corrected chi connectivity index (χ3v) is 14.2. The molecular weight excluding hydrogens is 899 g/mol. The van der Waals surface area contributed by atoms with Gasteiger partial charge in [0.2, 0.25) is 0 Å². The Bertz CT molecular complexity index is 3290. The molecule has 0 aliphatic carbocycles. The van der Waals surface area contributed by atoms with Crippen LogP contribution in [-0.4, -0.2) is 6.26 Å². The maximum Gasteiger partial charge on any atom is 0.0462 e. The lowest BCUT2D eigenvalue weighted by molar-refractivity contribution is 1.27. The summed E-state index contributed by atoms with van der Waals surface area (Å²) >= 11 is 1.76. The van der Waals surface area contributed by atoms with Crippen LogP contribution in [0.4, 0.5) is 17.1 Å². The summed E-state index contributed by atoms with van der Waals surface area (Å²) in [5.41, 5.74) is 22.2. The topological polar surface area (TPSA) is 3.24 Å². The molecule has 73 heavy (non-hydrogen) atoms. The van der Waals surface area contributed by atoms with Crippen molar-refractivity contribution < 1.29 is 0 Å². The Balaban J connectivity index is 0.913. The number of anilines is 3. The van der Waals surface area contributed by atoms with Crippen LogP contribution in [0.3, 0.4) is 0 Å². The summed E-state index contributed by atoms with van der Waals surface area (Å²) < 4.78 is 0. The van der Waals surface area contributed by atoms with Crippen molar-refractivity contribution >= 4 is 51.1 Å². The van der Waals surface area contributed by atoms with Crippen LogP contribution in [0.25, 0.3) is 44.5 Å². The average molecular weight is 952 g/mol. The lowest BCUT2D eigenvalue weighted by Gasteiger charge is -2.26. The van der Waals surface area contributed by atoms with Gasteiger partial charge in [0, 0.05) is 22.0 Å². The van der Waals surface area contributed by atoms with E-state index in [4.69, 9.17) is 0 Å². The third-order valence-electron chi connectivity index (χ3n) is 13.5. The van der Waals surface area contributed by atoms with Crippen LogP contribution in [-0.2, 0) is 0 Å². The highest BCUT2D eigenvalue weighted by Crippen LogP contribution is 2.41. The molecular formula is C71H53NS. The molecule has 0 aromatic heterocycles. The molecule has 1 nitrogen and oxygen atoms in total. The zero-order valence-corrected chi connectivity index (χ0v) is 41.5. The molecule has 0 unspecified atom stereocenters. The van der Waals surface area contributed by atoms with Crippen molar-refractivity contribution in [2.45, 2.75) is 4.90 Å². The van der Waals surface area contributed by atoms with E-state index in [1.807, 2.05) is 0 Å². The number of rotatable bonds is 14. The highest BCUT2D eigenvalue weighted by molar-refractivity contribution is 7.98. The molecule has 0 saturated heterocycles. The van der Waals surface area contributed by atoms with Gasteiger partial charge in [-0.2, -0.15) is 0 Å². The summed E-state index contributed by atoms with van der Waals surface area (Å²) in [6, 6.07) is 109. The van der Waals surface area contributed by atoms with E-state index in [1.165, 1.54) is 71.7 Å². The Kier molecular flexibility index (Phi) is 14.0. The van der Waals surface area contributed by atoms with Crippen molar-refractivity contribution in [3.63, 3.8) is 0 Å². The maximum atomic E-state index is 2.35. The molecule has 0 amide bonds. The number of hydrogen-bond acceptors (Lipinski definition) is 2. The Hall–Kier alpha value is -8.95. The summed E-state index contributed by atoms with van der Waals surface area (Å²) in [4.78, 5) is 3.58. The molecule has 0 fully saturated rings. The van der Waals surface area contributed by atoms with Crippen molar-refractivity contribution in [1.29, 1.82) is 0 Å². The van der Waals surface area contributed by atoms with Crippen LogP contribution in [0.2, 0.25) is 0 Å². The monoisotopic (exact) mass is 951 g/mol. The summed E-state index contributed by atoms with van der Waals surface area (Å²) in [5.74, 6) is 0. The Morgan fingerprint density at radius 1 is 0.219 bits per heavy atom. The molecule has 11 aromatic carbocycles. The van der Waals surface area contributed by atoms with Gasteiger partial charge in [0.25, 0.3) is 0 Å². The van der Waals surface area contributed by atoms with E-state index in [1.54, 1.807) is 11.8 Å². The molecule has 0 aliphatic heterocycles. The predicted molar refractivity (Wildman–Crippen MR) is 312 cm³/mol. The summed E-state index contributed by atoms with van der Waals surface area (Å²) in [5, 5.41) is 0. The lowest BCUT2D eigenvalue weighted by atomic mass is 9.85. The van der Waals surface area contributed by atoms with Crippen molar-refractivity contribution in [2.24, 2.45) is 0 Å². The number of nitrogens with zero attached hydrogens (tertiary/aromatic N) is 1. The highest BCUT2D eigenvalue weighted by Gasteiger charge is 2.19. The second kappa shape index (κ2) is 22.0. The molecule has 348 valence electrons. The average Bonchev–Trinajstić information content (AvgIpc) is 3.48. The standard InChI is InChI=1S/C71H53NS/c1-73-67-50-48-66(49-51-67)72(64-44-40-54(41-45-64)52-32-36-62(37-33-52)70(60-28-16-6-17-29-60)68(56-20-8-2-9-21-56)57-22-10-3-11-23-57)65-46-42-55(43-47-65)53-34-38-63(39-35-53)71(61-30-18-7-19-31-61)69(58-24-12-4-13-25-58)59-26-14-5-15-27-59/h2-51H,1H3. The summed E-state index contributed by atoms with van der Waals surface area (Å²) in [6.45, 7) is 0. The molecule has 0 aliphatic rings. The maximum absolute atomic E-state index is 2.35. The SMILES string of the molecule is CSc1ccc(N(c2ccc(-c3ccc(C(=C(c4ccccc4)c4ccccc4)c4ccccc4)cc3)cc2)c2ccc(-c3ccc(C(=C(c4ccccc4)c4ccccc4)c4ccccc4)cc3)cc2)cc1. The molecule has 0 N–H and O–H groups in total. The van der Waals surface area contributed by atoms with Gasteiger partial charge in [-0.15, -0.1) is 11.8 Å². The zero-order chi connectivity index (χ0) is 49.2. The quantitative estimate of drug-likeness (QED) is 0.0789. The normalized spacial score (nSPS) is 10.9. The molecule has 0 radical (unpaired) electrons. The molecule has 0 bridgehead atoms. The van der Waals surface area contributed by atoms with Crippen LogP contribution in [0.15, 0.2) is 308 Å². The number of hydrogen-bond donors (Lipinski definition) is 0. The van der Waals surface area contributed by atoms with E-state index in [2.05, 4.69) is 314 Å². The van der Waals surface area contributed by atoms with Gasteiger partial charge in [-0.3, -0.25) is 0 Å². The van der Waals surface area contributed by atoms with Crippen LogP contribution in [0.1, 0.15) is 44.5 Å².